The Bertz CT molecular complexity index is 596. The van der Waals surface area contributed by atoms with E-state index in [0.29, 0.717) is 19.5 Å². The summed E-state index contributed by atoms with van der Waals surface area (Å²) in [4.78, 5) is 14.0. The highest BCUT2D eigenvalue weighted by Gasteiger charge is 2.37. The SMILES string of the molecule is O=C(C1CC1)N1CC[C@@H](NS(=O)(=O)c2ccccc2)C1. The molecule has 1 aromatic rings. The van der Waals surface area contributed by atoms with Crippen LogP contribution in [0, 0.1) is 5.92 Å². The lowest BCUT2D eigenvalue weighted by Gasteiger charge is -2.17. The molecule has 1 heterocycles. The number of benzene rings is 1. The summed E-state index contributed by atoms with van der Waals surface area (Å²) < 4.78 is 27.1. The third-order valence-electron chi connectivity index (χ3n) is 3.80. The lowest BCUT2D eigenvalue weighted by Crippen LogP contribution is -2.38. The highest BCUT2D eigenvalue weighted by molar-refractivity contribution is 7.89. The molecule has 1 atom stereocenters. The fourth-order valence-electron chi connectivity index (χ4n) is 2.53. The molecule has 1 saturated carbocycles. The molecule has 0 radical (unpaired) electrons. The van der Waals surface area contributed by atoms with Crippen LogP contribution in [0.5, 0.6) is 0 Å². The second-order valence-corrected chi connectivity index (χ2v) is 7.19. The van der Waals surface area contributed by atoms with Gasteiger partial charge in [-0.1, -0.05) is 18.2 Å². The number of hydrogen-bond acceptors (Lipinski definition) is 3. The summed E-state index contributed by atoms with van der Waals surface area (Å²) in [7, 11) is -3.49. The maximum atomic E-state index is 12.2. The molecule has 1 aliphatic carbocycles. The largest absolute Gasteiger partial charge is 0.341 e. The van der Waals surface area contributed by atoms with Gasteiger partial charge in [0.25, 0.3) is 0 Å². The van der Waals surface area contributed by atoms with Gasteiger partial charge in [0, 0.05) is 25.0 Å². The Morgan fingerprint density at radius 3 is 2.50 bits per heavy atom. The molecule has 3 rings (SSSR count). The van der Waals surface area contributed by atoms with Crippen molar-refractivity contribution in [2.24, 2.45) is 5.92 Å². The lowest BCUT2D eigenvalue weighted by molar-refractivity contribution is -0.131. The number of likely N-dealkylation sites (tertiary alicyclic amines) is 1. The monoisotopic (exact) mass is 294 g/mol. The third-order valence-corrected chi connectivity index (χ3v) is 5.34. The van der Waals surface area contributed by atoms with Crippen molar-refractivity contribution in [3.63, 3.8) is 0 Å². The highest BCUT2D eigenvalue weighted by atomic mass is 32.2. The number of amides is 1. The van der Waals surface area contributed by atoms with Crippen molar-refractivity contribution in [2.75, 3.05) is 13.1 Å². The lowest BCUT2D eigenvalue weighted by atomic mass is 10.3. The number of carbonyl (C=O) groups excluding carboxylic acids is 1. The molecule has 0 bridgehead atoms. The van der Waals surface area contributed by atoms with E-state index in [2.05, 4.69) is 4.72 Å². The van der Waals surface area contributed by atoms with Crippen molar-refractivity contribution >= 4 is 15.9 Å². The average Bonchev–Trinajstić information content (AvgIpc) is 3.19. The molecule has 1 aromatic carbocycles. The fraction of sp³-hybridized carbons (Fsp3) is 0.500. The van der Waals surface area contributed by atoms with Gasteiger partial charge in [-0.25, -0.2) is 13.1 Å². The molecule has 1 aliphatic heterocycles. The summed E-state index contributed by atoms with van der Waals surface area (Å²) in [6, 6.07) is 8.15. The molecule has 2 aliphatic rings. The Hall–Kier alpha value is -1.40. The summed E-state index contributed by atoms with van der Waals surface area (Å²) in [5.41, 5.74) is 0. The predicted molar refractivity (Wildman–Crippen MR) is 74.5 cm³/mol. The molecule has 20 heavy (non-hydrogen) atoms. The van der Waals surface area contributed by atoms with Crippen LogP contribution < -0.4 is 4.72 Å². The Balaban J connectivity index is 1.63. The standard InChI is InChI=1S/C14H18N2O3S/c17-14(11-6-7-11)16-9-8-12(10-16)15-20(18,19)13-4-2-1-3-5-13/h1-5,11-12,15H,6-10H2/t12-/m1/s1. The second kappa shape index (κ2) is 5.18. The zero-order valence-corrected chi connectivity index (χ0v) is 12.0. The van der Waals surface area contributed by atoms with Gasteiger partial charge in [-0.2, -0.15) is 0 Å². The van der Waals surface area contributed by atoms with Crippen LogP contribution in [-0.2, 0) is 14.8 Å². The second-order valence-electron chi connectivity index (χ2n) is 5.48. The van der Waals surface area contributed by atoms with Crippen LogP contribution in [0.3, 0.4) is 0 Å². The number of hydrogen-bond donors (Lipinski definition) is 1. The van der Waals surface area contributed by atoms with Gasteiger partial charge in [-0.3, -0.25) is 4.79 Å². The highest BCUT2D eigenvalue weighted by Crippen LogP contribution is 2.32. The fourth-order valence-corrected chi connectivity index (χ4v) is 3.81. The number of carbonyl (C=O) groups is 1. The van der Waals surface area contributed by atoms with E-state index >= 15 is 0 Å². The molecular weight excluding hydrogens is 276 g/mol. The minimum atomic E-state index is -3.49. The summed E-state index contributed by atoms with van der Waals surface area (Å²) in [5.74, 6) is 0.380. The van der Waals surface area contributed by atoms with Crippen LogP contribution in [0.4, 0.5) is 0 Å². The summed E-state index contributed by atoms with van der Waals surface area (Å²) >= 11 is 0. The zero-order valence-electron chi connectivity index (χ0n) is 11.2. The van der Waals surface area contributed by atoms with Gasteiger partial charge in [-0.15, -0.1) is 0 Å². The Morgan fingerprint density at radius 1 is 1.15 bits per heavy atom. The normalized spacial score (nSPS) is 23.0. The van der Waals surface area contributed by atoms with E-state index in [1.54, 1.807) is 35.2 Å². The van der Waals surface area contributed by atoms with E-state index in [1.807, 2.05) is 0 Å². The Kier molecular flexibility index (Phi) is 3.52. The molecule has 0 unspecified atom stereocenters. The first-order valence-corrected chi connectivity index (χ1v) is 8.41. The van der Waals surface area contributed by atoms with E-state index in [-0.39, 0.29) is 22.8 Å². The number of nitrogens with one attached hydrogen (secondary N) is 1. The van der Waals surface area contributed by atoms with Gasteiger partial charge >= 0.3 is 0 Å². The molecule has 2 fully saturated rings. The maximum Gasteiger partial charge on any atom is 0.240 e. The van der Waals surface area contributed by atoms with Crippen LogP contribution >= 0.6 is 0 Å². The van der Waals surface area contributed by atoms with Gasteiger partial charge < -0.3 is 4.90 Å². The first kappa shape index (κ1) is 13.6. The molecule has 6 heteroatoms. The topological polar surface area (TPSA) is 66.5 Å². The van der Waals surface area contributed by atoms with Gasteiger partial charge in [-0.05, 0) is 31.4 Å². The molecule has 108 valence electrons. The minimum absolute atomic E-state index is 0.178. The first-order valence-electron chi connectivity index (χ1n) is 6.92. The van der Waals surface area contributed by atoms with Crippen molar-refractivity contribution in [1.82, 2.24) is 9.62 Å². The molecule has 1 saturated heterocycles. The van der Waals surface area contributed by atoms with Crippen molar-refractivity contribution in [3.05, 3.63) is 30.3 Å². The summed E-state index contributed by atoms with van der Waals surface area (Å²) in [6.07, 6.45) is 2.65. The van der Waals surface area contributed by atoms with E-state index < -0.39 is 10.0 Å². The van der Waals surface area contributed by atoms with Gasteiger partial charge in [0.05, 0.1) is 4.90 Å². The molecule has 0 aromatic heterocycles. The summed E-state index contributed by atoms with van der Waals surface area (Å²) in [6.45, 7) is 1.14. The van der Waals surface area contributed by atoms with Crippen LogP contribution in [0.2, 0.25) is 0 Å². The third kappa shape index (κ3) is 2.86. The van der Waals surface area contributed by atoms with Gasteiger partial charge in [0.2, 0.25) is 15.9 Å². The van der Waals surface area contributed by atoms with E-state index in [0.717, 1.165) is 12.8 Å². The zero-order chi connectivity index (χ0) is 14.2. The Morgan fingerprint density at radius 2 is 1.85 bits per heavy atom. The average molecular weight is 294 g/mol. The first-order chi connectivity index (χ1) is 9.56. The Labute approximate surface area is 119 Å². The van der Waals surface area contributed by atoms with E-state index in [4.69, 9.17) is 0 Å². The van der Waals surface area contributed by atoms with Crippen molar-refractivity contribution < 1.29 is 13.2 Å². The predicted octanol–water partition coefficient (Wildman–Crippen LogP) is 0.976. The van der Waals surface area contributed by atoms with Crippen molar-refractivity contribution in [3.8, 4) is 0 Å². The minimum Gasteiger partial charge on any atom is -0.341 e. The van der Waals surface area contributed by atoms with Crippen LogP contribution in [0.15, 0.2) is 35.2 Å². The number of nitrogens with zero attached hydrogens (tertiary/aromatic N) is 1. The van der Waals surface area contributed by atoms with Crippen LogP contribution in [0.25, 0.3) is 0 Å². The van der Waals surface area contributed by atoms with Crippen LogP contribution in [0.1, 0.15) is 19.3 Å². The van der Waals surface area contributed by atoms with E-state index in [1.165, 1.54) is 0 Å². The quantitative estimate of drug-likeness (QED) is 0.900. The molecule has 5 nitrogen and oxygen atoms in total. The number of sulfonamides is 1. The number of rotatable bonds is 4. The van der Waals surface area contributed by atoms with E-state index in [9.17, 15) is 13.2 Å². The molecule has 1 amide bonds. The maximum absolute atomic E-state index is 12.2. The van der Waals surface area contributed by atoms with Gasteiger partial charge in [0.1, 0.15) is 0 Å². The smallest absolute Gasteiger partial charge is 0.240 e. The van der Waals surface area contributed by atoms with Crippen molar-refractivity contribution in [1.29, 1.82) is 0 Å². The molecule has 1 N–H and O–H groups in total. The molecular formula is C14H18N2O3S. The van der Waals surface area contributed by atoms with Crippen molar-refractivity contribution in [2.45, 2.75) is 30.2 Å². The van der Waals surface area contributed by atoms with Gasteiger partial charge in [0.15, 0.2) is 0 Å². The molecule has 0 spiro atoms. The summed E-state index contributed by atoms with van der Waals surface area (Å²) in [5, 5.41) is 0. The van der Waals surface area contributed by atoms with Crippen LogP contribution in [-0.4, -0.2) is 38.4 Å².